The molecule has 2 rings (SSSR count). The summed E-state index contributed by atoms with van der Waals surface area (Å²) in [5.41, 5.74) is 1.00. The van der Waals surface area contributed by atoms with E-state index in [0.717, 1.165) is 5.56 Å². The van der Waals surface area contributed by atoms with Crippen molar-refractivity contribution in [2.75, 3.05) is 18.6 Å². The molecule has 140 valence electrons. The molecule has 0 saturated carbocycles. The van der Waals surface area contributed by atoms with Gasteiger partial charge in [-0.1, -0.05) is 30.3 Å². The van der Waals surface area contributed by atoms with Gasteiger partial charge < -0.3 is 9.80 Å². The fraction of sp³-hybridized carbons (Fsp3) is 0.474. The molecule has 6 nitrogen and oxygen atoms in total. The molecule has 1 aromatic carbocycles. The number of sulfone groups is 1. The SMILES string of the molecule is CC(C)N(Cc1ccccc1)C(=O)/C(C#N)=C\N(C)C1CCS(=O)(=O)C1. The Morgan fingerprint density at radius 2 is 2.00 bits per heavy atom. The molecule has 0 spiro atoms. The molecule has 1 saturated heterocycles. The van der Waals surface area contributed by atoms with E-state index in [0.29, 0.717) is 13.0 Å². The standard InChI is InChI=1S/C19H25N3O3S/c1-15(2)22(12-16-7-5-4-6-8-16)19(23)17(11-20)13-21(3)18-9-10-26(24,25)14-18/h4-8,13,15,18H,9-10,12,14H2,1-3H3/b17-13-. The second-order valence-electron chi connectivity index (χ2n) is 6.89. The molecule has 1 amide bonds. The molecule has 1 fully saturated rings. The lowest BCUT2D eigenvalue weighted by Crippen LogP contribution is -2.38. The van der Waals surface area contributed by atoms with Crippen molar-refractivity contribution in [3.63, 3.8) is 0 Å². The van der Waals surface area contributed by atoms with E-state index in [2.05, 4.69) is 0 Å². The zero-order valence-corrected chi connectivity index (χ0v) is 16.2. The Kier molecular flexibility index (Phi) is 6.43. The summed E-state index contributed by atoms with van der Waals surface area (Å²) in [5, 5.41) is 9.48. The van der Waals surface area contributed by atoms with Crippen LogP contribution in [-0.2, 0) is 21.2 Å². The van der Waals surface area contributed by atoms with Crippen LogP contribution in [0.3, 0.4) is 0 Å². The van der Waals surface area contributed by atoms with Crippen molar-refractivity contribution >= 4 is 15.7 Å². The maximum atomic E-state index is 12.9. The van der Waals surface area contributed by atoms with Crippen LogP contribution in [0.5, 0.6) is 0 Å². The van der Waals surface area contributed by atoms with Crippen LogP contribution in [0, 0.1) is 11.3 Å². The second-order valence-corrected chi connectivity index (χ2v) is 9.12. The summed E-state index contributed by atoms with van der Waals surface area (Å²) in [6.45, 7) is 4.23. The van der Waals surface area contributed by atoms with Gasteiger partial charge >= 0.3 is 0 Å². The highest BCUT2D eigenvalue weighted by Crippen LogP contribution is 2.18. The molecule has 0 bridgehead atoms. The molecule has 1 atom stereocenters. The Balaban J connectivity index is 2.18. The van der Waals surface area contributed by atoms with E-state index in [-0.39, 0.29) is 35.1 Å². The van der Waals surface area contributed by atoms with Crippen LogP contribution >= 0.6 is 0 Å². The molecule has 7 heteroatoms. The Morgan fingerprint density at radius 3 is 2.50 bits per heavy atom. The monoisotopic (exact) mass is 375 g/mol. The molecule has 1 unspecified atom stereocenters. The van der Waals surface area contributed by atoms with Crippen LogP contribution in [0.2, 0.25) is 0 Å². The maximum absolute atomic E-state index is 12.9. The van der Waals surface area contributed by atoms with Crippen molar-refractivity contribution < 1.29 is 13.2 Å². The third kappa shape index (κ3) is 5.09. The van der Waals surface area contributed by atoms with Gasteiger partial charge in [-0.2, -0.15) is 5.26 Å². The summed E-state index contributed by atoms with van der Waals surface area (Å²) in [4.78, 5) is 16.2. The van der Waals surface area contributed by atoms with Crippen molar-refractivity contribution in [2.45, 2.75) is 38.9 Å². The van der Waals surface area contributed by atoms with Crippen LogP contribution in [0.15, 0.2) is 42.1 Å². The number of benzene rings is 1. The first-order valence-electron chi connectivity index (χ1n) is 8.62. The molecular weight excluding hydrogens is 350 g/mol. The molecule has 1 heterocycles. The fourth-order valence-electron chi connectivity index (χ4n) is 2.96. The van der Waals surface area contributed by atoms with Crippen LogP contribution in [0.25, 0.3) is 0 Å². The third-order valence-corrected chi connectivity index (χ3v) is 6.30. The van der Waals surface area contributed by atoms with Crippen molar-refractivity contribution in [3.05, 3.63) is 47.7 Å². The van der Waals surface area contributed by atoms with Crippen molar-refractivity contribution in [3.8, 4) is 6.07 Å². The number of nitriles is 1. The molecule has 1 aromatic rings. The highest BCUT2D eigenvalue weighted by Gasteiger charge is 2.30. The number of nitrogens with zero attached hydrogens (tertiary/aromatic N) is 3. The van der Waals surface area contributed by atoms with E-state index in [9.17, 15) is 18.5 Å². The average Bonchev–Trinajstić information content (AvgIpc) is 2.97. The Hall–Kier alpha value is -2.33. The van der Waals surface area contributed by atoms with Crippen LogP contribution in [-0.4, -0.2) is 54.8 Å². The topological polar surface area (TPSA) is 81.5 Å². The smallest absolute Gasteiger partial charge is 0.266 e. The molecule has 26 heavy (non-hydrogen) atoms. The first-order valence-corrected chi connectivity index (χ1v) is 10.4. The summed E-state index contributed by atoms with van der Waals surface area (Å²) in [6, 6.07) is 11.3. The molecule has 0 aromatic heterocycles. The Morgan fingerprint density at radius 1 is 1.35 bits per heavy atom. The molecule has 0 radical (unpaired) electrons. The number of hydrogen-bond donors (Lipinski definition) is 0. The second kappa shape index (κ2) is 8.37. The van der Waals surface area contributed by atoms with Crippen LogP contribution < -0.4 is 0 Å². The lowest BCUT2D eigenvalue weighted by Gasteiger charge is -2.28. The van der Waals surface area contributed by atoms with Gasteiger partial charge in [-0.05, 0) is 25.8 Å². The van der Waals surface area contributed by atoms with E-state index < -0.39 is 9.84 Å². The quantitative estimate of drug-likeness (QED) is 0.561. The van der Waals surface area contributed by atoms with Gasteiger partial charge in [-0.15, -0.1) is 0 Å². The highest BCUT2D eigenvalue weighted by molar-refractivity contribution is 7.91. The number of amides is 1. The van der Waals surface area contributed by atoms with Gasteiger partial charge in [0, 0.05) is 31.9 Å². The average molecular weight is 375 g/mol. The third-order valence-electron chi connectivity index (χ3n) is 4.55. The fourth-order valence-corrected chi connectivity index (χ4v) is 4.75. The minimum absolute atomic E-state index is 0.0152. The number of carbonyl (C=O) groups excluding carboxylic acids is 1. The predicted octanol–water partition coefficient (Wildman–Crippen LogP) is 1.95. The first kappa shape index (κ1) is 20.0. The van der Waals surface area contributed by atoms with Gasteiger partial charge in [0.05, 0.1) is 11.5 Å². The minimum Gasteiger partial charge on any atom is -0.375 e. The summed E-state index contributed by atoms with van der Waals surface area (Å²) >= 11 is 0. The van der Waals surface area contributed by atoms with Gasteiger partial charge in [0.1, 0.15) is 11.6 Å². The van der Waals surface area contributed by atoms with Gasteiger partial charge in [-0.25, -0.2) is 8.42 Å². The molecule has 1 aliphatic heterocycles. The van der Waals surface area contributed by atoms with Crippen LogP contribution in [0.1, 0.15) is 25.8 Å². The van der Waals surface area contributed by atoms with E-state index in [4.69, 9.17) is 0 Å². The van der Waals surface area contributed by atoms with E-state index in [1.807, 2.05) is 50.2 Å². The highest BCUT2D eigenvalue weighted by atomic mass is 32.2. The van der Waals surface area contributed by atoms with E-state index in [1.165, 1.54) is 6.20 Å². The lowest BCUT2D eigenvalue weighted by molar-refractivity contribution is -0.129. The van der Waals surface area contributed by atoms with Crippen molar-refractivity contribution in [1.82, 2.24) is 9.80 Å². The van der Waals surface area contributed by atoms with Gasteiger partial charge in [-0.3, -0.25) is 4.79 Å². The zero-order chi connectivity index (χ0) is 19.3. The Bertz CT molecular complexity index is 810. The summed E-state index contributed by atoms with van der Waals surface area (Å²) in [7, 11) is -1.31. The largest absolute Gasteiger partial charge is 0.375 e. The van der Waals surface area contributed by atoms with Gasteiger partial charge in [0.2, 0.25) is 0 Å². The molecule has 0 aliphatic carbocycles. The lowest BCUT2D eigenvalue weighted by atomic mass is 10.1. The summed E-state index contributed by atoms with van der Waals surface area (Å²) in [5.74, 6) is -0.137. The van der Waals surface area contributed by atoms with Gasteiger partial charge in [0.15, 0.2) is 9.84 Å². The maximum Gasteiger partial charge on any atom is 0.266 e. The predicted molar refractivity (Wildman–Crippen MR) is 101 cm³/mol. The number of rotatable bonds is 6. The number of carbonyl (C=O) groups is 1. The molecule has 0 N–H and O–H groups in total. The first-order chi connectivity index (χ1) is 12.2. The van der Waals surface area contributed by atoms with Gasteiger partial charge in [0.25, 0.3) is 5.91 Å². The van der Waals surface area contributed by atoms with Crippen molar-refractivity contribution in [1.29, 1.82) is 5.26 Å². The van der Waals surface area contributed by atoms with Crippen LogP contribution in [0.4, 0.5) is 0 Å². The van der Waals surface area contributed by atoms with Crippen molar-refractivity contribution in [2.24, 2.45) is 0 Å². The molecular formula is C19H25N3O3S. The summed E-state index contributed by atoms with van der Waals surface area (Å²) in [6.07, 6.45) is 1.99. The van der Waals surface area contributed by atoms with E-state index >= 15 is 0 Å². The molecule has 1 aliphatic rings. The zero-order valence-electron chi connectivity index (χ0n) is 15.4. The minimum atomic E-state index is -3.02. The Labute approximate surface area is 155 Å². The normalized spacial score (nSPS) is 19.2. The number of hydrogen-bond acceptors (Lipinski definition) is 5. The van der Waals surface area contributed by atoms with E-state index in [1.54, 1.807) is 16.8 Å². The summed E-state index contributed by atoms with van der Waals surface area (Å²) < 4.78 is 23.3.